The summed E-state index contributed by atoms with van der Waals surface area (Å²) < 4.78 is 0. The number of hydrogen-bond acceptors (Lipinski definition) is 5. The van der Waals surface area contributed by atoms with Gasteiger partial charge >= 0.3 is 0 Å². The van der Waals surface area contributed by atoms with Crippen LogP contribution in [0.25, 0.3) is 0 Å². The fourth-order valence-corrected chi connectivity index (χ4v) is 0. The molecule has 0 radical (unpaired) electrons. The number of rotatable bonds is 1. The van der Waals surface area contributed by atoms with Crippen LogP contribution in [0.2, 0.25) is 0 Å². The van der Waals surface area contributed by atoms with Crippen molar-refractivity contribution in [3.8, 4) is 0 Å². The van der Waals surface area contributed by atoms with Gasteiger partial charge in [-0.15, -0.1) is 0 Å². The molecule has 6 nitrogen and oxygen atoms in total. The van der Waals surface area contributed by atoms with Gasteiger partial charge in [-0.2, -0.15) is 0 Å². The average molecular weight is 167 g/mol. The molecule has 0 aromatic heterocycles. The highest BCUT2D eigenvalue weighted by atomic mass is 16.3. The minimum atomic E-state index is -0.681. The summed E-state index contributed by atoms with van der Waals surface area (Å²) >= 11 is 0. The highest BCUT2D eigenvalue weighted by Crippen LogP contribution is 1.93. The molecule has 0 aromatic rings. The van der Waals surface area contributed by atoms with Crippen molar-refractivity contribution in [1.29, 1.82) is 0 Å². The van der Waals surface area contributed by atoms with Crippen LogP contribution in [-0.2, 0) is 4.79 Å². The molecule has 0 aliphatic carbocycles. The maximum atomic E-state index is 8.70. The van der Waals surface area contributed by atoms with Gasteiger partial charge in [-0.1, -0.05) is 0 Å². The van der Waals surface area contributed by atoms with Crippen molar-refractivity contribution in [3.63, 3.8) is 0 Å². The largest absolute Gasteiger partial charge is 0.483 e. The van der Waals surface area contributed by atoms with E-state index in [1.807, 2.05) is 0 Å². The minimum Gasteiger partial charge on any atom is -0.483 e. The molecule has 70 valence electrons. The third kappa shape index (κ3) is 93.2. The van der Waals surface area contributed by atoms with Gasteiger partial charge in [0, 0.05) is 6.54 Å². The van der Waals surface area contributed by atoms with E-state index >= 15 is 0 Å². The zero-order valence-electron chi connectivity index (χ0n) is 6.82. The van der Waals surface area contributed by atoms with Crippen LogP contribution in [0, 0.1) is 0 Å². The number of nitrogens with two attached hydrogens (primary N) is 3. The molecule has 0 fully saturated rings. The maximum absolute atomic E-state index is 8.70. The Morgan fingerprint density at radius 3 is 1.55 bits per heavy atom. The number of hydrazine groups is 1. The van der Waals surface area contributed by atoms with Crippen molar-refractivity contribution >= 4 is 6.47 Å². The Hall–Kier alpha value is -0.690. The smallest absolute Gasteiger partial charge is 0.290 e. The first kappa shape index (κ1) is 16.7. The van der Waals surface area contributed by atoms with Crippen LogP contribution in [0.5, 0.6) is 0 Å². The van der Waals surface area contributed by atoms with E-state index in [0.717, 1.165) is 0 Å². The molecule has 0 bridgehead atoms. The Morgan fingerprint density at radius 1 is 1.45 bits per heavy atom. The first-order valence-electron chi connectivity index (χ1n) is 2.81. The van der Waals surface area contributed by atoms with Gasteiger partial charge < -0.3 is 15.9 Å². The number of carboxylic acid groups (broad SMARTS) is 1. The molecule has 0 spiro atoms. The molecule has 6 heteroatoms. The molecule has 0 rings (SSSR count). The number of hydrogen-bond donors (Lipinski definition) is 5. The van der Waals surface area contributed by atoms with Gasteiger partial charge in [0.1, 0.15) is 0 Å². The van der Waals surface area contributed by atoms with Crippen LogP contribution in [0.3, 0.4) is 0 Å². The van der Waals surface area contributed by atoms with Gasteiger partial charge in [0.2, 0.25) is 0 Å². The standard InChI is InChI=1S/C4H11NO.CH2O2.H4N2/c1-4(2,6)3-5;2-1-3;1-2/h6H,3,5H2,1-2H3;1H,(H,2,3);1-2H2. The van der Waals surface area contributed by atoms with E-state index in [9.17, 15) is 0 Å². The molecular formula is C5H17N3O3. The summed E-state index contributed by atoms with van der Waals surface area (Å²) in [6, 6.07) is 0. The molecule has 0 aromatic carbocycles. The van der Waals surface area contributed by atoms with Crippen LogP contribution < -0.4 is 17.4 Å². The van der Waals surface area contributed by atoms with E-state index in [1.165, 1.54) is 0 Å². The van der Waals surface area contributed by atoms with Crippen LogP contribution >= 0.6 is 0 Å². The van der Waals surface area contributed by atoms with E-state index in [4.69, 9.17) is 20.7 Å². The third-order valence-electron chi connectivity index (χ3n) is 0.500. The van der Waals surface area contributed by atoms with Crippen molar-refractivity contribution in [2.45, 2.75) is 19.4 Å². The zero-order chi connectivity index (χ0) is 9.91. The molecule has 0 amide bonds. The number of carbonyl (C=O) groups is 1. The summed E-state index contributed by atoms with van der Waals surface area (Å²) in [6.45, 7) is 3.42. The van der Waals surface area contributed by atoms with E-state index in [2.05, 4.69) is 11.7 Å². The Balaban J connectivity index is -0.000000109. The second kappa shape index (κ2) is 12.0. The van der Waals surface area contributed by atoms with Gasteiger partial charge in [0.15, 0.2) is 0 Å². The first-order valence-corrected chi connectivity index (χ1v) is 2.81. The Morgan fingerprint density at radius 2 is 1.55 bits per heavy atom. The second-order valence-corrected chi connectivity index (χ2v) is 2.12. The topological polar surface area (TPSA) is 136 Å². The summed E-state index contributed by atoms with van der Waals surface area (Å²) in [6.07, 6.45) is 0. The highest BCUT2D eigenvalue weighted by molar-refractivity contribution is 5.32. The molecule has 0 aliphatic rings. The fraction of sp³-hybridized carbons (Fsp3) is 0.800. The lowest BCUT2D eigenvalue weighted by molar-refractivity contribution is -0.122. The van der Waals surface area contributed by atoms with E-state index < -0.39 is 5.60 Å². The molecule has 0 saturated heterocycles. The van der Waals surface area contributed by atoms with Crippen molar-refractivity contribution < 1.29 is 15.0 Å². The van der Waals surface area contributed by atoms with E-state index in [0.29, 0.717) is 6.54 Å². The molecule has 8 N–H and O–H groups in total. The summed E-state index contributed by atoms with van der Waals surface area (Å²) in [4.78, 5) is 8.36. The van der Waals surface area contributed by atoms with Gasteiger partial charge in [-0.05, 0) is 13.8 Å². The second-order valence-electron chi connectivity index (χ2n) is 2.12. The summed E-state index contributed by atoms with van der Waals surface area (Å²) in [5.74, 6) is 8.00. The van der Waals surface area contributed by atoms with E-state index in [-0.39, 0.29) is 6.47 Å². The van der Waals surface area contributed by atoms with Crippen molar-refractivity contribution in [3.05, 3.63) is 0 Å². The lowest BCUT2D eigenvalue weighted by Gasteiger charge is -2.11. The van der Waals surface area contributed by atoms with E-state index in [1.54, 1.807) is 13.8 Å². The Labute approximate surface area is 66.0 Å². The minimum absolute atomic E-state index is 0.250. The predicted octanol–water partition coefficient (Wildman–Crippen LogP) is -1.76. The van der Waals surface area contributed by atoms with Crippen molar-refractivity contribution in [1.82, 2.24) is 0 Å². The van der Waals surface area contributed by atoms with Gasteiger partial charge in [-0.25, -0.2) is 0 Å². The van der Waals surface area contributed by atoms with Gasteiger partial charge in [0.25, 0.3) is 6.47 Å². The monoisotopic (exact) mass is 167 g/mol. The molecule has 11 heavy (non-hydrogen) atoms. The molecule has 0 saturated carbocycles. The molecule has 0 heterocycles. The molecule has 0 atom stereocenters. The number of aliphatic hydroxyl groups is 1. The Bertz CT molecular complexity index is 71.9. The maximum Gasteiger partial charge on any atom is 0.290 e. The SMILES string of the molecule is CC(C)(O)CN.NN.O=CO. The van der Waals surface area contributed by atoms with Gasteiger partial charge in [0.05, 0.1) is 5.60 Å². The predicted molar refractivity (Wildman–Crippen MR) is 42.4 cm³/mol. The molecule has 0 aliphatic heterocycles. The summed E-state index contributed by atoms with van der Waals surface area (Å²) in [5, 5.41) is 15.6. The fourth-order valence-electron chi connectivity index (χ4n) is 0. The molecule has 0 unspecified atom stereocenters. The third-order valence-corrected chi connectivity index (χ3v) is 0.500. The van der Waals surface area contributed by atoms with Gasteiger partial charge in [-0.3, -0.25) is 16.5 Å². The zero-order valence-corrected chi connectivity index (χ0v) is 6.82. The lowest BCUT2D eigenvalue weighted by atomic mass is 10.1. The summed E-state index contributed by atoms with van der Waals surface area (Å²) in [5.41, 5.74) is 4.38. The van der Waals surface area contributed by atoms with Crippen molar-refractivity contribution in [2.24, 2.45) is 17.4 Å². The Kier molecular flexibility index (Phi) is 18.3. The van der Waals surface area contributed by atoms with Crippen LogP contribution in [0.1, 0.15) is 13.8 Å². The van der Waals surface area contributed by atoms with Crippen LogP contribution in [-0.4, -0.2) is 28.8 Å². The first-order chi connectivity index (χ1) is 4.97. The van der Waals surface area contributed by atoms with Crippen LogP contribution in [0.4, 0.5) is 0 Å². The normalized spacial score (nSPS) is 8.18. The van der Waals surface area contributed by atoms with Crippen molar-refractivity contribution in [2.75, 3.05) is 6.54 Å². The average Bonchev–Trinajstić information content (AvgIpc) is 1.93. The highest BCUT2D eigenvalue weighted by Gasteiger charge is 2.06. The quantitative estimate of drug-likeness (QED) is 0.178. The summed E-state index contributed by atoms with van der Waals surface area (Å²) in [7, 11) is 0. The molecular weight excluding hydrogens is 150 g/mol. The lowest BCUT2D eigenvalue weighted by Crippen LogP contribution is -2.29. The van der Waals surface area contributed by atoms with Crippen LogP contribution in [0.15, 0.2) is 0 Å².